The molecular formula is C21H28NO4+. The number of para-hydroxylation sites is 1. The first kappa shape index (κ1) is 19.8. The largest absolute Gasteiger partial charge is 0.513 e. The number of pyridine rings is 1. The highest BCUT2D eigenvalue weighted by Gasteiger charge is 2.20. The van der Waals surface area contributed by atoms with Gasteiger partial charge in [0.15, 0.2) is 5.75 Å². The van der Waals surface area contributed by atoms with Crippen LogP contribution < -0.4 is 9.47 Å². The minimum Gasteiger partial charge on any atom is -0.434 e. The number of hydrogen-bond acceptors (Lipinski definition) is 4. The fourth-order valence-corrected chi connectivity index (χ4v) is 2.79. The Kier molecular flexibility index (Phi) is 7.93. The van der Waals surface area contributed by atoms with E-state index in [0.717, 1.165) is 17.6 Å². The second kappa shape index (κ2) is 10.4. The van der Waals surface area contributed by atoms with E-state index in [1.165, 1.54) is 25.7 Å². The molecule has 1 N–H and O–H groups in total. The van der Waals surface area contributed by atoms with Crippen molar-refractivity contribution in [3.63, 3.8) is 0 Å². The topological polar surface area (TPSA) is 59.6 Å². The number of rotatable bonds is 9. The van der Waals surface area contributed by atoms with Crippen molar-refractivity contribution in [3.05, 3.63) is 42.1 Å². The predicted molar refractivity (Wildman–Crippen MR) is 101 cm³/mol. The second-order valence-electron chi connectivity index (χ2n) is 6.15. The molecule has 0 saturated carbocycles. The van der Waals surface area contributed by atoms with E-state index in [0.29, 0.717) is 22.3 Å². The van der Waals surface area contributed by atoms with Gasteiger partial charge in [-0.15, -0.1) is 0 Å². The minimum absolute atomic E-state index is 0.244. The molecule has 1 heterocycles. The van der Waals surface area contributed by atoms with Crippen LogP contribution in [-0.4, -0.2) is 18.0 Å². The highest BCUT2D eigenvalue weighted by atomic mass is 16.7. The van der Waals surface area contributed by atoms with E-state index in [2.05, 4.69) is 6.92 Å². The van der Waals surface area contributed by atoms with Gasteiger partial charge in [-0.2, -0.15) is 0 Å². The van der Waals surface area contributed by atoms with Gasteiger partial charge in [-0.05, 0) is 25.8 Å². The Bertz CT molecular complexity index is 755. The average Bonchev–Trinajstić information content (AvgIpc) is 2.64. The lowest BCUT2D eigenvalue weighted by molar-refractivity contribution is -0.885. The molecule has 0 bridgehead atoms. The van der Waals surface area contributed by atoms with Crippen LogP contribution in [0.5, 0.6) is 5.75 Å². The molecule has 0 aliphatic rings. The molecule has 1 aromatic heterocycles. The smallest absolute Gasteiger partial charge is 0.434 e. The lowest BCUT2D eigenvalue weighted by Gasteiger charge is -2.06. The summed E-state index contributed by atoms with van der Waals surface area (Å²) in [7, 11) is 0. The zero-order valence-electron chi connectivity index (χ0n) is 15.6. The Hall–Kier alpha value is -2.56. The fraction of sp³-hybridized carbons (Fsp3) is 0.429. The van der Waals surface area contributed by atoms with Crippen LogP contribution >= 0.6 is 0 Å². The number of nitrogens with zero attached hydrogens (tertiary/aromatic N) is 1. The number of benzene rings is 1. The van der Waals surface area contributed by atoms with Crippen molar-refractivity contribution >= 4 is 23.1 Å². The van der Waals surface area contributed by atoms with Gasteiger partial charge in [0.1, 0.15) is 0 Å². The van der Waals surface area contributed by atoms with Gasteiger partial charge in [-0.3, -0.25) is 5.21 Å². The third kappa shape index (κ3) is 5.48. The van der Waals surface area contributed by atoms with E-state index in [9.17, 15) is 10.0 Å². The monoisotopic (exact) mass is 358 g/mol. The van der Waals surface area contributed by atoms with Crippen LogP contribution in [0.3, 0.4) is 0 Å². The van der Waals surface area contributed by atoms with Crippen LogP contribution in [0.1, 0.15) is 58.1 Å². The maximum atomic E-state index is 11.7. The highest BCUT2D eigenvalue weighted by molar-refractivity contribution is 5.85. The molecule has 0 aliphatic heterocycles. The molecule has 26 heavy (non-hydrogen) atoms. The Labute approximate surface area is 154 Å². The molecular weight excluding hydrogens is 330 g/mol. The van der Waals surface area contributed by atoms with Gasteiger partial charge < -0.3 is 9.47 Å². The molecule has 1 aromatic carbocycles. The molecule has 0 atom stereocenters. The molecule has 0 saturated heterocycles. The minimum atomic E-state index is -0.751. The van der Waals surface area contributed by atoms with Crippen molar-refractivity contribution in [2.45, 2.75) is 52.4 Å². The molecule has 0 aliphatic carbocycles. The van der Waals surface area contributed by atoms with Gasteiger partial charge in [0.2, 0.25) is 0 Å². The fourth-order valence-electron chi connectivity index (χ4n) is 2.79. The van der Waals surface area contributed by atoms with Gasteiger partial charge in [0, 0.05) is 16.9 Å². The zero-order chi connectivity index (χ0) is 18.8. The van der Waals surface area contributed by atoms with Gasteiger partial charge in [0.25, 0.3) is 11.2 Å². The van der Waals surface area contributed by atoms with E-state index >= 15 is 0 Å². The van der Waals surface area contributed by atoms with Gasteiger partial charge in [-0.1, -0.05) is 50.8 Å². The van der Waals surface area contributed by atoms with Crippen LogP contribution in [0.25, 0.3) is 17.0 Å². The molecule has 140 valence electrons. The molecule has 5 heteroatoms. The SMILES string of the molecule is CCCCCCC/C=C/c1cc(OC(=O)OCC)c2ccccc2[n+]1O. The average molecular weight is 358 g/mol. The maximum Gasteiger partial charge on any atom is 0.513 e. The van der Waals surface area contributed by atoms with Crippen molar-refractivity contribution in [1.29, 1.82) is 0 Å². The van der Waals surface area contributed by atoms with Crippen LogP contribution in [0, 0.1) is 0 Å². The summed E-state index contributed by atoms with van der Waals surface area (Å²) >= 11 is 0. The van der Waals surface area contributed by atoms with Crippen LogP contribution in [-0.2, 0) is 4.74 Å². The van der Waals surface area contributed by atoms with Gasteiger partial charge >= 0.3 is 6.16 Å². The van der Waals surface area contributed by atoms with Crippen molar-refractivity contribution in [3.8, 4) is 5.75 Å². The molecule has 0 spiro atoms. The summed E-state index contributed by atoms with van der Waals surface area (Å²) in [4.78, 5) is 11.7. The number of carbonyl (C=O) groups excluding carboxylic acids is 1. The van der Waals surface area contributed by atoms with E-state index < -0.39 is 6.16 Å². The quantitative estimate of drug-likeness (QED) is 0.287. The Morgan fingerprint density at radius 1 is 1.15 bits per heavy atom. The number of allylic oxidation sites excluding steroid dienone is 1. The van der Waals surface area contributed by atoms with E-state index in [4.69, 9.17) is 9.47 Å². The Balaban J connectivity index is 2.18. The van der Waals surface area contributed by atoms with Crippen LogP contribution in [0.2, 0.25) is 0 Å². The molecule has 0 amide bonds. The summed E-state index contributed by atoms with van der Waals surface area (Å²) in [6.45, 7) is 4.17. The van der Waals surface area contributed by atoms with Crippen molar-refractivity contribution < 1.29 is 24.2 Å². The van der Waals surface area contributed by atoms with Crippen molar-refractivity contribution in [2.75, 3.05) is 6.61 Å². The van der Waals surface area contributed by atoms with Crippen LogP contribution in [0.15, 0.2) is 36.4 Å². The molecule has 0 radical (unpaired) electrons. The number of ether oxygens (including phenoxy) is 2. The molecule has 0 unspecified atom stereocenters. The first-order valence-corrected chi connectivity index (χ1v) is 9.35. The normalized spacial score (nSPS) is 11.2. The third-order valence-corrected chi connectivity index (χ3v) is 4.14. The third-order valence-electron chi connectivity index (χ3n) is 4.14. The number of hydrogen-bond donors (Lipinski definition) is 1. The summed E-state index contributed by atoms with van der Waals surface area (Å²) in [6.07, 6.45) is 10.2. The predicted octanol–water partition coefficient (Wildman–Crippen LogP) is 5.27. The summed E-state index contributed by atoms with van der Waals surface area (Å²) < 4.78 is 11.3. The first-order chi connectivity index (χ1) is 12.7. The summed E-state index contributed by atoms with van der Waals surface area (Å²) in [5.41, 5.74) is 1.12. The van der Waals surface area contributed by atoms with Gasteiger partial charge in [-0.25, -0.2) is 4.79 Å². The lowest BCUT2D eigenvalue weighted by atomic mass is 10.1. The maximum absolute atomic E-state index is 11.7. The molecule has 0 fully saturated rings. The lowest BCUT2D eigenvalue weighted by Crippen LogP contribution is -2.34. The summed E-state index contributed by atoms with van der Waals surface area (Å²) in [6, 6.07) is 8.86. The molecule has 2 rings (SSSR count). The first-order valence-electron chi connectivity index (χ1n) is 9.35. The molecule has 5 nitrogen and oxygen atoms in total. The van der Waals surface area contributed by atoms with Crippen molar-refractivity contribution in [1.82, 2.24) is 0 Å². The van der Waals surface area contributed by atoms with Gasteiger partial charge in [0.05, 0.1) is 18.1 Å². The Morgan fingerprint density at radius 2 is 1.92 bits per heavy atom. The number of fused-ring (bicyclic) bond motifs is 1. The van der Waals surface area contributed by atoms with Crippen molar-refractivity contribution in [2.24, 2.45) is 0 Å². The highest BCUT2D eigenvalue weighted by Crippen LogP contribution is 2.25. The zero-order valence-corrected chi connectivity index (χ0v) is 15.6. The van der Waals surface area contributed by atoms with E-state index in [-0.39, 0.29) is 6.61 Å². The second-order valence-corrected chi connectivity index (χ2v) is 6.15. The number of aromatic nitrogens is 1. The molecule has 2 aromatic rings. The standard InChI is InChI=1S/C21H28NO4/c1-3-5-6-7-8-9-10-13-17-16-20(26-21(23)25-4-2)18-14-11-12-15-19(18)22(17)24/h10-16,24H,3-9H2,1-2H3/q+1/b13-10+. The summed E-state index contributed by atoms with van der Waals surface area (Å²) in [5.74, 6) is 0.368. The van der Waals surface area contributed by atoms with E-state index in [1.54, 1.807) is 25.1 Å². The van der Waals surface area contributed by atoms with E-state index in [1.807, 2.05) is 24.3 Å². The number of carbonyl (C=O) groups is 1. The number of unbranched alkanes of at least 4 members (excludes halogenated alkanes) is 5. The van der Waals surface area contributed by atoms with Crippen LogP contribution in [0.4, 0.5) is 4.79 Å². The Morgan fingerprint density at radius 3 is 2.69 bits per heavy atom. The summed E-state index contributed by atoms with van der Waals surface area (Å²) in [5, 5.41) is 11.1.